The predicted octanol–water partition coefficient (Wildman–Crippen LogP) is 5.31. The molecule has 0 saturated heterocycles. The number of benzene rings is 2. The van der Waals surface area contributed by atoms with E-state index in [1.807, 2.05) is 24.3 Å². The molecule has 1 aliphatic carbocycles. The van der Waals surface area contributed by atoms with Gasteiger partial charge in [0.05, 0.1) is 17.4 Å². The van der Waals surface area contributed by atoms with Crippen molar-refractivity contribution >= 4 is 23.0 Å². The summed E-state index contributed by atoms with van der Waals surface area (Å²) in [6.45, 7) is 0. The molecular formula is C23H18FN3O4. The molecule has 0 spiro atoms. The number of nitrogens with zero attached hydrogens (tertiary/aromatic N) is 1. The van der Waals surface area contributed by atoms with Gasteiger partial charge in [0, 0.05) is 17.7 Å². The fourth-order valence-corrected chi connectivity index (χ4v) is 4.27. The molecule has 2 heterocycles. The van der Waals surface area contributed by atoms with Crippen molar-refractivity contribution in [2.24, 2.45) is 0 Å². The molecule has 2 aromatic carbocycles. The molecule has 156 valence electrons. The topological polar surface area (TPSA) is 97.4 Å². The standard InChI is InChI=1S/C23H18FN3O4/c24-15-7-5-13(6-8-15)14-11-18-22(19(28)12-14)23(20-9-10-21(31-20)27(29)30)26-17-4-2-1-3-16(17)25-18/h1-10,14,23,25-26H,11-12H2/t14-,23-/m1/s1. The summed E-state index contributed by atoms with van der Waals surface area (Å²) < 4.78 is 18.8. The van der Waals surface area contributed by atoms with Crippen LogP contribution in [0.15, 0.2) is 76.4 Å². The summed E-state index contributed by atoms with van der Waals surface area (Å²) in [5.74, 6) is -0.595. The lowest BCUT2D eigenvalue weighted by Gasteiger charge is -2.29. The Bertz CT molecular complexity index is 1220. The molecule has 2 atom stereocenters. The Labute approximate surface area is 176 Å². The molecule has 0 fully saturated rings. The Balaban J connectivity index is 1.59. The molecule has 5 rings (SSSR count). The van der Waals surface area contributed by atoms with Gasteiger partial charge in [-0.05, 0) is 48.2 Å². The molecule has 0 radical (unpaired) electrons. The van der Waals surface area contributed by atoms with Crippen molar-refractivity contribution in [1.82, 2.24) is 0 Å². The lowest BCUT2D eigenvalue weighted by atomic mass is 9.79. The second-order valence-electron chi connectivity index (χ2n) is 7.65. The van der Waals surface area contributed by atoms with E-state index >= 15 is 0 Å². The maximum atomic E-state index is 13.4. The molecule has 8 heteroatoms. The largest absolute Gasteiger partial charge is 0.433 e. The number of rotatable bonds is 3. The number of nitro groups is 1. The molecule has 0 bridgehead atoms. The molecule has 1 aromatic heterocycles. The number of furan rings is 1. The number of Topliss-reactive ketones (excluding diaryl/α,β-unsaturated/α-hetero) is 1. The number of hydrogen-bond acceptors (Lipinski definition) is 6. The van der Waals surface area contributed by atoms with Crippen molar-refractivity contribution in [2.45, 2.75) is 24.8 Å². The first-order valence-electron chi connectivity index (χ1n) is 9.88. The quantitative estimate of drug-likeness (QED) is 0.441. The lowest BCUT2D eigenvalue weighted by Crippen LogP contribution is -2.26. The molecule has 2 aliphatic rings. The van der Waals surface area contributed by atoms with E-state index in [-0.39, 0.29) is 29.8 Å². The summed E-state index contributed by atoms with van der Waals surface area (Å²) >= 11 is 0. The molecule has 0 amide bonds. The molecule has 31 heavy (non-hydrogen) atoms. The molecular weight excluding hydrogens is 401 g/mol. The van der Waals surface area contributed by atoms with Gasteiger partial charge >= 0.3 is 5.88 Å². The third-order valence-corrected chi connectivity index (χ3v) is 5.73. The van der Waals surface area contributed by atoms with Gasteiger partial charge in [-0.3, -0.25) is 14.9 Å². The summed E-state index contributed by atoms with van der Waals surface area (Å²) in [7, 11) is 0. The Kier molecular flexibility index (Phi) is 4.54. The molecule has 1 aliphatic heterocycles. The number of carbonyl (C=O) groups is 1. The number of halogens is 1. The number of anilines is 2. The van der Waals surface area contributed by atoms with Crippen molar-refractivity contribution in [1.29, 1.82) is 0 Å². The van der Waals surface area contributed by atoms with Gasteiger partial charge in [0.25, 0.3) is 0 Å². The minimum absolute atomic E-state index is 0.0903. The number of hydrogen-bond donors (Lipinski definition) is 2. The van der Waals surface area contributed by atoms with Crippen molar-refractivity contribution < 1.29 is 18.5 Å². The van der Waals surface area contributed by atoms with Crippen LogP contribution < -0.4 is 10.6 Å². The van der Waals surface area contributed by atoms with Crippen molar-refractivity contribution in [2.75, 3.05) is 10.6 Å². The smallest absolute Gasteiger partial charge is 0.403 e. The maximum Gasteiger partial charge on any atom is 0.433 e. The highest BCUT2D eigenvalue weighted by molar-refractivity contribution is 6.01. The van der Waals surface area contributed by atoms with E-state index in [1.165, 1.54) is 24.3 Å². The number of para-hydroxylation sites is 2. The zero-order valence-corrected chi connectivity index (χ0v) is 16.3. The van der Waals surface area contributed by atoms with Crippen LogP contribution >= 0.6 is 0 Å². The summed E-state index contributed by atoms with van der Waals surface area (Å²) in [6.07, 6.45) is 0.797. The molecule has 7 nitrogen and oxygen atoms in total. The van der Waals surface area contributed by atoms with Crippen LogP contribution in [0.4, 0.5) is 21.6 Å². The van der Waals surface area contributed by atoms with Crippen molar-refractivity contribution in [3.63, 3.8) is 0 Å². The van der Waals surface area contributed by atoms with Gasteiger partial charge in [0.15, 0.2) is 5.78 Å². The van der Waals surface area contributed by atoms with Crippen LogP contribution in [0, 0.1) is 15.9 Å². The van der Waals surface area contributed by atoms with E-state index in [9.17, 15) is 19.3 Å². The first-order valence-corrected chi connectivity index (χ1v) is 9.88. The Morgan fingerprint density at radius 3 is 2.45 bits per heavy atom. The van der Waals surface area contributed by atoms with Crippen molar-refractivity contribution in [3.8, 4) is 0 Å². The number of carbonyl (C=O) groups excluding carboxylic acids is 1. The van der Waals surface area contributed by atoms with E-state index < -0.39 is 11.0 Å². The van der Waals surface area contributed by atoms with Gasteiger partial charge < -0.3 is 15.1 Å². The highest BCUT2D eigenvalue weighted by Gasteiger charge is 2.37. The first-order chi connectivity index (χ1) is 15.0. The van der Waals surface area contributed by atoms with E-state index in [0.717, 1.165) is 22.6 Å². The summed E-state index contributed by atoms with van der Waals surface area (Å²) in [5, 5.41) is 17.8. The van der Waals surface area contributed by atoms with Crippen LogP contribution in [-0.4, -0.2) is 10.7 Å². The Hall–Kier alpha value is -3.94. The lowest BCUT2D eigenvalue weighted by molar-refractivity contribution is -0.402. The average Bonchev–Trinajstić information content (AvgIpc) is 3.18. The van der Waals surface area contributed by atoms with Gasteiger partial charge in [-0.25, -0.2) is 4.39 Å². The van der Waals surface area contributed by atoms with Crippen LogP contribution in [0.1, 0.15) is 36.1 Å². The van der Waals surface area contributed by atoms with E-state index in [2.05, 4.69) is 10.6 Å². The summed E-state index contributed by atoms with van der Waals surface area (Å²) in [5.41, 5.74) is 3.67. The van der Waals surface area contributed by atoms with Gasteiger partial charge in [0.2, 0.25) is 0 Å². The normalized spacial score (nSPS) is 20.2. The SMILES string of the molecule is O=C1C[C@H](c2ccc(F)cc2)CC2=C1[C@@H](c1ccc([N+](=O)[O-])o1)Nc1ccccc1N2. The molecule has 2 N–H and O–H groups in total. The highest BCUT2D eigenvalue weighted by Crippen LogP contribution is 2.44. The summed E-state index contributed by atoms with van der Waals surface area (Å²) in [6, 6.07) is 15.8. The van der Waals surface area contributed by atoms with Crippen LogP contribution in [0.25, 0.3) is 0 Å². The second-order valence-corrected chi connectivity index (χ2v) is 7.65. The van der Waals surface area contributed by atoms with Gasteiger partial charge in [-0.1, -0.05) is 24.3 Å². The zero-order chi connectivity index (χ0) is 21.5. The van der Waals surface area contributed by atoms with Gasteiger partial charge in [-0.15, -0.1) is 0 Å². The Morgan fingerprint density at radius 2 is 1.74 bits per heavy atom. The van der Waals surface area contributed by atoms with Gasteiger partial charge in [-0.2, -0.15) is 0 Å². The highest BCUT2D eigenvalue weighted by atomic mass is 19.1. The fourth-order valence-electron chi connectivity index (χ4n) is 4.27. The Morgan fingerprint density at radius 1 is 1.00 bits per heavy atom. The van der Waals surface area contributed by atoms with E-state index in [1.54, 1.807) is 12.1 Å². The van der Waals surface area contributed by atoms with E-state index in [4.69, 9.17) is 4.42 Å². The third kappa shape index (κ3) is 3.46. The third-order valence-electron chi connectivity index (χ3n) is 5.73. The average molecular weight is 419 g/mol. The minimum atomic E-state index is -0.665. The molecule has 0 unspecified atom stereocenters. The second kappa shape index (κ2) is 7.39. The molecule has 0 saturated carbocycles. The minimum Gasteiger partial charge on any atom is -0.403 e. The number of ketones is 1. The van der Waals surface area contributed by atoms with Crippen LogP contribution in [-0.2, 0) is 4.79 Å². The number of allylic oxidation sites excluding steroid dienone is 1. The predicted molar refractivity (Wildman–Crippen MR) is 112 cm³/mol. The maximum absolute atomic E-state index is 13.4. The first kappa shape index (κ1) is 19.0. The zero-order valence-electron chi connectivity index (χ0n) is 16.3. The monoisotopic (exact) mass is 419 g/mol. The summed E-state index contributed by atoms with van der Waals surface area (Å²) in [4.78, 5) is 23.8. The van der Waals surface area contributed by atoms with Crippen LogP contribution in [0.3, 0.4) is 0 Å². The molecule has 3 aromatic rings. The fraction of sp³-hybridized carbons (Fsp3) is 0.174. The van der Waals surface area contributed by atoms with Gasteiger partial charge in [0.1, 0.15) is 22.5 Å². The van der Waals surface area contributed by atoms with E-state index in [0.29, 0.717) is 17.8 Å². The van der Waals surface area contributed by atoms with Crippen molar-refractivity contribution in [3.05, 3.63) is 99.2 Å². The van der Waals surface area contributed by atoms with Crippen LogP contribution in [0.2, 0.25) is 0 Å². The number of fused-ring (bicyclic) bond motifs is 1. The van der Waals surface area contributed by atoms with Crippen LogP contribution in [0.5, 0.6) is 0 Å². The number of nitrogens with one attached hydrogen (secondary N) is 2.